The van der Waals surface area contributed by atoms with E-state index < -0.39 is 0 Å². The first-order chi connectivity index (χ1) is 13.3. The van der Waals surface area contributed by atoms with Gasteiger partial charge in [0.1, 0.15) is 17.0 Å². The summed E-state index contributed by atoms with van der Waals surface area (Å²) in [5.74, 6) is 2.91. The van der Waals surface area contributed by atoms with Crippen molar-refractivity contribution in [1.82, 2.24) is 9.97 Å². The molecule has 6 nitrogen and oxygen atoms in total. The molecule has 0 saturated carbocycles. The van der Waals surface area contributed by atoms with E-state index in [4.69, 9.17) is 19.4 Å². The Morgan fingerprint density at radius 3 is 2.46 bits per heavy atom. The summed E-state index contributed by atoms with van der Waals surface area (Å²) in [4.78, 5) is 9.60. The Morgan fingerprint density at radius 1 is 1.00 bits per heavy atom. The third kappa shape index (κ3) is 4.65. The number of aromatic nitrogens is 2. The topological polar surface area (TPSA) is 68.3 Å². The van der Waals surface area contributed by atoms with Gasteiger partial charge >= 0.3 is 0 Å². The highest BCUT2D eigenvalue weighted by Crippen LogP contribution is 2.30. The molecule has 28 heavy (non-hydrogen) atoms. The Kier molecular flexibility index (Phi) is 5.93. The van der Waals surface area contributed by atoms with Gasteiger partial charge in [-0.15, -0.1) is 0 Å². The Morgan fingerprint density at radius 2 is 1.79 bits per heavy atom. The highest BCUT2D eigenvalue weighted by atomic mass is 79.9. The molecule has 0 atom stereocenters. The molecular formula is C21H25BrN4O2. The molecule has 0 spiro atoms. The van der Waals surface area contributed by atoms with Crippen LogP contribution in [-0.4, -0.2) is 29.7 Å². The molecule has 0 saturated heterocycles. The van der Waals surface area contributed by atoms with Crippen molar-refractivity contribution < 1.29 is 9.47 Å². The van der Waals surface area contributed by atoms with E-state index in [2.05, 4.69) is 47.3 Å². The number of benzene rings is 2. The summed E-state index contributed by atoms with van der Waals surface area (Å²) in [6, 6.07) is 11.6. The molecular weight excluding hydrogens is 420 g/mol. The van der Waals surface area contributed by atoms with Crippen LogP contribution in [0.4, 0.5) is 11.6 Å². The Balaban J connectivity index is 1.96. The fourth-order valence-corrected chi connectivity index (χ4v) is 3.23. The van der Waals surface area contributed by atoms with Gasteiger partial charge in [-0.25, -0.2) is 9.97 Å². The zero-order chi connectivity index (χ0) is 20.3. The zero-order valence-electron chi connectivity index (χ0n) is 16.8. The molecule has 3 rings (SSSR count). The first-order valence-corrected chi connectivity index (χ1v) is 9.79. The Labute approximate surface area is 173 Å². The molecule has 2 N–H and O–H groups in total. The molecule has 0 aliphatic heterocycles. The molecule has 148 valence electrons. The fourth-order valence-electron chi connectivity index (χ4n) is 2.79. The molecule has 0 unspecified atom stereocenters. The van der Waals surface area contributed by atoms with Crippen LogP contribution >= 0.6 is 15.9 Å². The average molecular weight is 445 g/mol. The highest BCUT2D eigenvalue weighted by Gasteiger charge is 2.17. The normalized spacial score (nSPS) is 11.4. The lowest BCUT2D eigenvalue weighted by Crippen LogP contribution is -2.27. The van der Waals surface area contributed by atoms with Crippen LogP contribution in [0.1, 0.15) is 26.3 Å². The van der Waals surface area contributed by atoms with Crippen LogP contribution < -0.4 is 20.1 Å². The molecule has 3 aromatic rings. The van der Waals surface area contributed by atoms with Crippen molar-refractivity contribution in [3.63, 3.8) is 0 Å². The second-order valence-electron chi connectivity index (χ2n) is 7.43. The van der Waals surface area contributed by atoms with Gasteiger partial charge in [0, 0.05) is 28.2 Å². The number of ether oxygens (including phenoxy) is 2. The first-order valence-electron chi connectivity index (χ1n) is 9.00. The Hall–Kier alpha value is -2.54. The van der Waals surface area contributed by atoms with E-state index in [9.17, 15) is 0 Å². The summed E-state index contributed by atoms with van der Waals surface area (Å²) in [5, 5.41) is 6.85. The third-order valence-corrected chi connectivity index (χ3v) is 4.72. The van der Waals surface area contributed by atoms with E-state index >= 15 is 0 Å². The molecule has 2 aromatic carbocycles. The monoisotopic (exact) mass is 444 g/mol. The molecule has 0 fully saturated rings. The van der Waals surface area contributed by atoms with Gasteiger partial charge in [-0.2, -0.15) is 0 Å². The maximum atomic E-state index is 5.50. The lowest BCUT2D eigenvalue weighted by molar-refractivity contribution is 0.391. The largest absolute Gasteiger partial charge is 0.497 e. The van der Waals surface area contributed by atoms with Crippen molar-refractivity contribution in [3.05, 3.63) is 46.4 Å². The van der Waals surface area contributed by atoms with Crippen molar-refractivity contribution in [2.24, 2.45) is 0 Å². The van der Waals surface area contributed by atoms with Crippen molar-refractivity contribution in [2.45, 2.75) is 32.9 Å². The zero-order valence-corrected chi connectivity index (χ0v) is 18.3. The van der Waals surface area contributed by atoms with Crippen molar-refractivity contribution in [2.75, 3.05) is 24.9 Å². The van der Waals surface area contributed by atoms with Gasteiger partial charge in [-0.1, -0.05) is 6.07 Å². The molecule has 0 aliphatic rings. The van der Waals surface area contributed by atoms with Crippen LogP contribution in [0.2, 0.25) is 0 Å². The van der Waals surface area contributed by atoms with E-state index in [1.54, 1.807) is 14.2 Å². The van der Waals surface area contributed by atoms with Crippen LogP contribution in [-0.2, 0) is 6.54 Å². The van der Waals surface area contributed by atoms with Gasteiger partial charge in [0.2, 0.25) is 0 Å². The van der Waals surface area contributed by atoms with E-state index in [1.807, 2.05) is 36.4 Å². The second-order valence-corrected chi connectivity index (χ2v) is 8.29. The van der Waals surface area contributed by atoms with Crippen LogP contribution in [0.5, 0.6) is 11.5 Å². The minimum atomic E-state index is -0.155. The highest BCUT2D eigenvalue weighted by molar-refractivity contribution is 9.10. The summed E-state index contributed by atoms with van der Waals surface area (Å²) in [6.07, 6.45) is 0. The standard InChI is InChI=1S/C21H25BrN4O2/c1-21(2,3)26-20-19(24-16-8-6-7-15(22)18(16)25-20)23-12-13-9-10-14(27-4)11-17(13)28-5/h6-11H,12H2,1-5H3,(H,23,24)(H,25,26). The van der Waals surface area contributed by atoms with Gasteiger partial charge in [0.15, 0.2) is 11.6 Å². The molecule has 0 aliphatic carbocycles. The van der Waals surface area contributed by atoms with Crippen LogP contribution in [0.3, 0.4) is 0 Å². The maximum absolute atomic E-state index is 5.50. The van der Waals surface area contributed by atoms with Crippen LogP contribution in [0.25, 0.3) is 11.0 Å². The molecule has 7 heteroatoms. The number of hydrogen-bond acceptors (Lipinski definition) is 6. The van der Waals surface area contributed by atoms with E-state index in [0.29, 0.717) is 18.2 Å². The van der Waals surface area contributed by atoms with Gasteiger partial charge < -0.3 is 20.1 Å². The second kappa shape index (κ2) is 8.22. The molecule has 0 bridgehead atoms. The third-order valence-electron chi connectivity index (χ3n) is 4.08. The number of anilines is 2. The predicted octanol–water partition coefficient (Wildman–Crippen LogP) is 5.23. The number of fused-ring (bicyclic) bond motifs is 1. The van der Waals surface area contributed by atoms with Gasteiger partial charge in [-0.3, -0.25) is 0 Å². The van der Waals surface area contributed by atoms with Crippen molar-refractivity contribution in [3.8, 4) is 11.5 Å². The van der Waals surface area contributed by atoms with Crippen LogP contribution in [0.15, 0.2) is 40.9 Å². The van der Waals surface area contributed by atoms with E-state index in [-0.39, 0.29) is 5.54 Å². The fraction of sp³-hybridized carbons (Fsp3) is 0.333. The number of methoxy groups -OCH3 is 2. The number of para-hydroxylation sites is 1. The van der Waals surface area contributed by atoms with Crippen molar-refractivity contribution in [1.29, 1.82) is 0 Å². The summed E-state index contributed by atoms with van der Waals surface area (Å²) in [6.45, 7) is 6.82. The van der Waals surface area contributed by atoms with Gasteiger partial charge in [0.25, 0.3) is 0 Å². The smallest absolute Gasteiger partial charge is 0.170 e. The lowest BCUT2D eigenvalue weighted by Gasteiger charge is -2.23. The molecule has 0 radical (unpaired) electrons. The number of halogens is 1. The summed E-state index contributed by atoms with van der Waals surface area (Å²) in [7, 11) is 3.29. The number of rotatable bonds is 6. The van der Waals surface area contributed by atoms with Gasteiger partial charge in [-0.05, 0) is 61.0 Å². The number of hydrogen-bond donors (Lipinski definition) is 2. The SMILES string of the molecule is COc1ccc(CNc2nc3cccc(Br)c3nc2NC(C)(C)C)c(OC)c1. The van der Waals surface area contributed by atoms with E-state index in [0.717, 1.165) is 32.6 Å². The van der Waals surface area contributed by atoms with Gasteiger partial charge in [0.05, 0.1) is 19.7 Å². The quantitative estimate of drug-likeness (QED) is 0.542. The summed E-state index contributed by atoms with van der Waals surface area (Å²) >= 11 is 3.56. The summed E-state index contributed by atoms with van der Waals surface area (Å²) < 4.78 is 11.7. The van der Waals surface area contributed by atoms with Crippen LogP contribution in [0, 0.1) is 0 Å². The molecule has 1 aromatic heterocycles. The number of nitrogens with zero attached hydrogens (tertiary/aromatic N) is 2. The Bertz CT molecular complexity index is 986. The molecule has 0 amide bonds. The minimum absolute atomic E-state index is 0.155. The minimum Gasteiger partial charge on any atom is -0.497 e. The lowest BCUT2D eigenvalue weighted by atomic mass is 10.1. The predicted molar refractivity (Wildman–Crippen MR) is 117 cm³/mol. The average Bonchev–Trinajstić information content (AvgIpc) is 2.65. The number of nitrogens with one attached hydrogen (secondary N) is 2. The molecule has 1 heterocycles. The maximum Gasteiger partial charge on any atom is 0.170 e. The van der Waals surface area contributed by atoms with Crippen molar-refractivity contribution >= 4 is 38.6 Å². The summed E-state index contributed by atoms with van der Waals surface area (Å²) in [5.41, 5.74) is 2.48. The first kappa shape index (κ1) is 20.2. The van der Waals surface area contributed by atoms with E-state index in [1.165, 1.54) is 0 Å².